The second kappa shape index (κ2) is 10.0. The molecule has 1 aliphatic rings. The van der Waals surface area contributed by atoms with Crippen molar-refractivity contribution in [3.63, 3.8) is 0 Å². The number of nitrogens with zero attached hydrogens (tertiary/aromatic N) is 2. The van der Waals surface area contributed by atoms with E-state index in [1.807, 2.05) is 18.5 Å². The summed E-state index contributed by atoms with van der Waals surface area (Å²) in [6.45, 7) is 2.01. The lowest BCUT2D eigenvalue weighted by Crippen LogP contribution is -2.33. The van der Waals surface area contributed by atoms with Crippen molar-refractivity contribution in [2.75, 3.05) is 30.8 Å². The number of ether oxygens (including phenoxy) is 1. The number of pyridine rings is 2. The van der Waals surface area contributed by atoms with Gasteiger partial charge in [0.05, 0.1) is 30.7 Å². The van der Waals surface area contributed by atoms with Crippen LogP contribution in [0.2, 0.25) is 0 Å². The molecule has 1 unspecified atom stereocenters. The molecule has 7 nitrogen and oxygen atoms in total. The molecular weight excluding hydrogens is 390 g/mol. The largest absolute Gasteiger partial charge is 0.497 e. The van der Waals surface area contributed by atoms with E-state index in [-0.39, 0.29) is 11.9 Å². The minimum atomic E-state index is -0.193. The van der Waals surface area contributed by atoms with Gasteiger partial charge in [0.25, 0.3) is 5.91 Å². The molecule has 0 bridgehead atoms. The molecule has 3 aromatic rings. The predicted molar refractivity (Wildman–Crippen MR) is 121 cm³/mol. The number of hydrogen-bond donors (Lipinski definition) is 3. The molecule has 0 saturated carbocycles. The third-order valence-electron chi connectivity index (χ3n) is 5.65. The molecule has 1 amide bonds. The molecule has 1 saturated heterocycles. The SMILES string of the molecule is COc1ccc(C(=O)Nc2cnccc2NC(c2ccncc2)C2CCNCC2)cc1. The Morgan fingerprint density at radius 1 is 1.00 bits per heavy atom. The summed E-state index contributed by atoms with van der Waals surface area (Å²) in [7, 11) is 1.60. The van der Waals surface area contributed by atoms with Gasteiger partial charge in [-0.1, -0.05) is 0 Å². The fourth-order valence-corrected chi connectivity index (χ4v) is 3.95. The van der Waals surface area contributed by atoms with E-state index >= 15 is 0 Å². The van der Waals surface area contributed by atoms with Gasteiger partial charge < -0.3 is 20.7 Å². The number of piperidine rings is 1. The molecule has 160 valence electrons. The molecule has 3 heterocycles. The minimum Gasteiger partial charge on any atom is -0.497 e. The molecule has 7 heteroatoms. The molecule has 2 aromatic heterocycles. The number of methoxy groups -OCH3 is 1. The van der Waals surface area contributed by atoms with Gasteiger partial charge in [-0.15, -0.1) is 0 Å². The second-order valence-corrected chi connectivity index (χ2v) is 7.59. The van der Waals surface area contributed by atoms with E-state index in [0.717, 1.165) is 31.6 Å². The minimum absolute atomic E-state index is 0.115. The number of hydrogen-bond acceptors (Lipinski definition) is 6. The first kappa shape index (κ1) is 20.8. The first-order valence-corrected chi connectivity index (χ1v) is 10.5. The number of benzene rings is 1. The number of amides is 1. The standard InChI is InChI=1S/C24H27N5O2/c1-31-20-4-2-19(3-5-20)24(30)29-22-16-27-15-10-21(22)28-23(17-6-11-25-12-7-17)18-8-13-26-14-9-18/h2-7,10-12,15-16,18,23,26H,8-9,13-14H2,1H3,(H,27,28)(H,29,30). The van der Waals surface area contributed by atoms with Crippen LogP contribution in [0.5, 0.6) is 5.75 Å². The number of anilines is 2. The monoisotopic (exact) mass is 417 g/mol. The maximum Gasteiger partial charge on any atom is 0.255 e. The normalized spacial score (nSPS) is 15.1. The maximum atomic E-state index is 12.8. The molecule has 0 radical (unpaired) electrons. The fraction of sp³-hybridized carbons (Fsp3) is 0.292. The molecule has 31 heavy (non-hydrogen) atoms. The average molecular weight is 418 g/mol. The molecule has 4 rings (SSSR count). The van der Waals surface area contributed by atoms with Gasteiger partial charge in [-0.05, 0) is 79.9 Å². The van der Waals surface area contributed by atoms with Gasteiger partial charge in [-0.3, -0.25) is 14.8 Å². The van der Waals surface area contributed by atoms with Gasteiger partial charge in [0.2, 0.25) is 0 Å². The topological polar surface area (TPSA) is 88.2 Å². The Bertz CT molecular complexity index is 988. The van der Waals surface area contributed by atoms with Crippen molar-refractivity contribution >= 4 is 17.3 Å². The highest BCUT2D eigenvalue weighted by Crippen LogP contribution is 2.34. The van der Waals surface area contributed by atoms with Gasteiger partial charge >= 0.3 is 0 Å². The van der Waals surface area contributed by atoms with Crippen molar-refractivity contribution in [3.05, 3.63) is 78.4 Å². The molecule has 0 aliphatic carbocycles. The van der Waals surface area contributed by atoms with Crippen molar-refractivity contribution in [1.82, 2.24) is 15.3 Å². The summed E-state index contributed by atoms with van der Waals surface area (Å²) >= 11 is 0. The molecule has 1 fully saturated rings. The van der Waals surface area contributed by atoms with E-state index in [1.54, 1.807) is 43.8 Å². The second-order valence-electron chi connectivity index (χ2n) is 7.59. The summed E-state index contributed by atoms with van der Waals surface area (Å²) in [5.74, 6) is 0.991. The number of aromatic nitrogens is 2. The lowest BCUT2D eigenvalue weighted by atomic mass is 9.86. The number of rotatable bonds is 7. The summed E-state index contributed by atoms with van der Waals surface area (Å²) in [4.78, 5) is 21.2. The van der Waals surface area contributed by atoms with Crippen LogP contribution in [0.15, 0.2) is 67.3 Å². The van der Waals surface area contributed by atoms with Gasteiger partial charge in [0, 0.05) is 24.2 Å². The molecule has 0 spiro atoms. The van der Waals surface area contributed by atoms with Crippen LogP contribution in [0.3, 0.4) is 0 Å². The Balaban J connectivity index is 1.56. The van der Waals surface area contributed by atoms with E-state index < -0.39 is 0 Å². The molecule has 3 N–H and O–H groups in total. The number of carbonyl (C=O) groups is 1. The van der Waals surface area contributed by atoms with Crippen LogP contribution in [0.25, 0.3) is 0 Å². The highest BCUT2D eigenvalue weighted by Gasteiger charge is 2.26. The molecule has 1 aromatic carbocycles. The lowest BCUT2D eigenvalue weighted by Gasteiger charge is -2.33. The zero-order valence-corrected chi connectivity index (χ0v) is 17.5. The van der Waals surface area contributed by atoms with Crippen LogP contribution < -0.4 is 20.7 Å². The lowest BCUT2D eigenvalue weighted by molar-refractivity contribution is 0.102. The predicted octanol–water partition coefficient (Wildman–Crippen LogP) is 3.89. The number of nitrogens with one attached hydrogen (secondary N) is 3. The van der Waals surface area contributed by atoms with Crippen LogP contribution in [-0.4, -0.2) is 36.1 Å². The van der Waals surface area contributed by atoms with Crippen LogP contribution >= 0.6 is 0 Å². The highest BCUT2D eigenvalue weighted by atomic mass is 16.5. The summed E-state index contributed by atoms with van der Waals surface area (Å²) < 4.78 is 5.17. The smallest absolute Gasteiger partial charge is 0.255 e. The van der Waals surface area contributed by atoms with Crippen molar-refractivity contribution in [2.24, 2.45) is 5.92 Å². The maximum absolute atomic E-state index is 12.8. The summed E-state index contributed by atoms with van der Waals surface area (Å²) in [5.41, 5.74) is 3.24. The average Bonchev–Trinajstić information content (AvgIpc) is 2.84. The quantitative estimate of drug-likeness (QED) is 0.541. The Morgan fingerprint density at radius 2 is 1.71 bits per heavy atom. The van der Waals surface area contributed by atoms with Gasteiger partial charge in [-0.25, -0.2) is 0 Å². The van der Waals surface area contributed by atoms with Crippen LogP contribution in [-0.2, 0) is 0 Å². The van der Waals surface area contributed by atoms with E-state index in [0.29, 0.717) is 22.9 Å². The Kier molecular flexibility index (Phi) is 6.74. The van der Waals surface area contributed by atoms with E-state index in [1.165, 1.54) is 5.56 Å². The van der Waals surface area contributed by atoms with E-state index in [4.69, 9.17) is 4.74 Å². The van der Waals surface area contributed by atoms with Gasteiger partial charge in [0.15, 0.2) is 0 Å². The molecular formula is C24H27N5O2. The third-order valence-corrected chi connectivity index (χ3v) is 5.65. The summed E-state index contributed by atoms with van der Waals surface area (Å²) in [6, 6.07) is 13.1. The molecule has 1 atom stereocenters. The zero-order valence-electron chi connectivity index (χ0n) is 17.5. The van der Waals surface area contributed by atoms with Crippen LogP contribution in [0.1, 0.15) is 34.8 Å². The fourth-order valence-electron chi connectivity index (χ4n) is 3.95. The number of carbonyl (C=O) groups excluding carboxylic acids is 1. The third kappa shape index (κ3) is 5.19. The Labute approximate surface area is 182 Å². The van der Waals surface area contributed by atoms with Crippen molar-refractivity contribution < 1.29 is 9.53 Å². The summed E-state index contributed by atoms with van der Waals surface area (Å²) in [6.07, 6.45) is 9.22. The van der Waals surface area contributed by atoms with Crippen molar-refractivity contribution in [2.45, 2.75) is 18.9 Å². The van der Waals surface area contributed by atoms with Crippen LogP contribution in [0.4, 0.5) is 11.4 Å². The molecule has 1 aliphatic heterocycles. The van der Waals surface area contributed by atoms with E-state index in [2.05, 4.69) is 38.1 Å². The first-order valence-electron chi connectivity index (χ1n) is 10.5. The van der Waals surface area contributed by atoms with Crippen molar-refractivity contribution in [1.29, 1.82) is 0 Å². The van der Waals surface area contributed by atoms with E-state index in [9.17, 15) is 4.79 Å². The first-order chi connectivity index (χ1) is 15.2. The van der Waals surface area contributed by atoms with Crippen molar-refractivity contribution in [3.8, 4) is 5.75 Å². The zero-order chi connectivity index (χ0) is 21.5. The van der Waals surface area contributed by atoms with Gasteiger partial charge in [-0.2, -0.15) is 0 Å². The van der Waals surface area contributed by atoms with Crippen LogP contribution in [0, 0.1) is 5.92 Å². The van der Waals surface area contributed by atoms with Gasteiger partial charge in [0.1, 0.15) is 5.75 Å². The summed E-state index contributed by atoms with van der Waals surface area (Å²) in [5, 5.41) is 10.1. The Morgan fingerprint density at radius 3 is 2.42 bits per heavy atom. The Hall–Kier alpha value is -3.45. The highest BCUT2D eigenvalue weighted by molar-refractivity contribution is 6.05.